The Morgan fingerprint density at radius 3 is 3.00 bits per heavy atom. The molecule has 1 aromatic heterocycles. The fraction of sp³-hybridized carbons (Fsp3) is 0.583. The van der Waals surface area contributed by atoms with Gasteiger partial charge in [-0.3, -0.25) is 9.59 Å². The normalized spacial score (nSPS) is 22.9. The molecule has 5 heteroatoms. The van der Waals surface area contributed by atoms with Gasteiger partial charge in [-0.1, -0.05) is 0 Å². The van der Waals surface area contributed by atoms with E-state index in [4.69, 9.17) is 0 Å². The van der Waals surface area contributed by atoms with Crippen LogP contribution < -0.4 is 10.9 Å². The van der Waals surface area contributed by atoms with Crippen LogP contribution in [0.5, 0.6) is 0 Å². The van der Waals surface area contributed by atoms with Gasteiger partial charge in [0.05, 0.1) is 5.69 Å². The number of hydrogen-bond acceptors (Lipinski definition) is 3. The molecule has 90 valence electrons. The first-order valence-electron chi connectivity index (χ1n) is 6.10. The summed E-state index contributed by atoms with van der Waals surface area (Å²) in [6.07, 6.45) is 4.50. The van der Waals surface area contributed by atoms with E-state index >= 15 is 0 Å². The van der Waals surface area contributed by atoms with Crippen LogP contribution in [0.2, 0.25) is 0 Å². The second-order valence-electron chi connectivity index (χ2n) is 4.93. The van der Waals surface area contributed by atoms with E-state index < -0.39 is 0 Å². The standard InChI is InChI=1S/C12H15N3O2/c16-11-6-8-5-9(3-4-10(8)14-15-11)13-12(17)7-1-2-7/h6-7,9H,1-5H2,(H,13,17)(H,15,16). The van der Waals surface area contributed by atoms with E-state index in [2.05, 4.69) is 15.5 Å². The molecule has 1 saturated carbocycles. The third kappa shape index (κ3) is 2.23. The molecular weight excluding hydrogens is 218 g/mol. The van der Waals surface area contributed by atoms with Crippen molar-refractivity contribution in [3.05, 3.63) is 27.7 Å². The average molecular weight is 233 g/mol. The van der Waals surface area contributed by atoms with Gasteiger partial charge in [0.1, 0.15) is 0 Å². The van der Waals surface area contributed by atoms with Crippen molar-refractivity contribution in [2.24, 2.45) is 5.92 Å². The molecule has 1 atom stereocenters. The minimum Gasteiger partial charge on any atom is -0.353 e. The number of aryl methyl sites for hydroxylation is 1. The third-order valence-corrected chi connectivity index (χ3v) is 3.47. The summed E-state index contributed by atoms with van der Waals surface area (Å²) in [6.45, 7) is 0. The van der Waals surface area contributed by atoms with Crippen molar-refractivity contribution in [3.63, 3.8) is 0 Å². The Hall–Kier alpha value is -1.65. The fourth-order valence-electron chi connectivity index (χ4n) is 2.33. The Morgan fingerprint density at radius 2 is 2.24 bits per heavy atom. The van der Waals surface area contributed by atoms with E-state index in [1.165, 1.54) is 0 Å². The molecule has 0 radical (unpaired) electrons. The van der Waals surface area contributed by atoms with Gasteiger partial charge < -0.3 is 5.32 Å². The lowest BCUT2D eigenvalue weighted by Gasteiger charge is -2.24. The van der Waals surface area contributed by atoms with Crippen LogP contribution in [0.3, 0.4) is 0 Å². The number of rotatable bonds is 2. The fourth-order valence-corrected chi connectivity index (χ4v) is 2.33. The smallest absolute Gasteiger partial charge is 0.264 e. The summed E-state index contributed by atoms with van der Waals surface area (Å²) >= 11 is 0. The zero-order valence-electron chi connectivity index (χ0n) is 9.53. The average Bonchev–Trinajstić information content (AvgIpc) is 3.12. The molecular formula is C12H15N3O2. The van der Waals surface area contributed by atoms with Crippen LogP contribution in [-0.4, -0.2) is 22.1 Å². The van der Waals surface area contributed by atoms with E-state index in [9.17, 15) is 9.59 Å². The Balaban J connectivity index is 1.71. The quantitative estimate of drug-likeness (QED) is 0.763. The lowest BCUT2D eigenvalue weighted by Crippen LogP contribution is -2.40. The molecule has 17 heavy (non-hydrogen) atoms. The summed E-state index contributed by atoms with van der Waals surface area (Å²) in [4.78, 5) is 22.8. The van der Waals surface area contributed by atoms with Crippen molar-refractivity contribution < 1.29 is 4.79 Å². The van der Waals surface area contributed by atoms with Crippen molar-refractivity contribution in [1.29, 1.82) is 0 Å². The first-order chi connectivity index (χ1) is 8.22. The summed E-state index contributed by atoms with van der Waals surface area (Å²) in [5.41, 5.74) is 1.76. The van der Waals surface area contributed by atoms with Gasteiger partial charge in [0.25, 0.3) is 5.56 Å². The van der Waals surface area contributed by atoms with Crippen LogP contribution in [0.1, 0.15) is 30.5 Å². The van der Waals surface area contributed by atoms with Gasteiger partial charge in [-0.2, -0.15) is 5.10 Å². The number of hydrogen-bond donors (Lipinski definition) is 2. The molecule has 1 amide bonds. The van der Waals surface area contributed by atoms with Gasteiger partial charge in [0, 0.05) is 18.0 Å². The van der Waals surface area contributed by atoms with E-state index in [1.807, 2.05) is 0 Å². The molecule has 0 bridgehead atoms. The van der Waals surface area contributed by atoms with Crippen molar-refractivity contribution in [2.75, 3.05) is 0 Å². The molecule has 1 fully saturated rings. The Bertz CT molecular complexity index is 505. The van der Waals surface area contributed by atoms with Gasteiger partial charge in [-0.25, -0.2) is 5.10 Å². The number of carbonyl (C=O) groups is 1. The van der Waals surface area contributed by atoms with Gasteiger partial charge in [0.15, 0.2) is 0 Å². The molecule has 1 unspecified atom stereocenters. The minimum absolute atomic E-state index is 0.166. The van der Waals surface area contributed by atoms with Crippen LogP contribution in [0.15, 0.2) is 10.9 Å². The number of carbonyl (C=O) groups excluding carboxylic acids is 1. The largest absolute Gasteiger partial charge is 0.353 e. The second kappa shape index (κ2) is 3.98. The number of nitrogens with one attached hydrogen (secondary N) is 2. The first kappa shape index (κ1) is 10.5. The SMILES string of the molecule is O=C(NC1CCc2n[nH]c(=O)cc2C1)C1CC1. The van der Waals surface area contributed by atoms with E-state index in [0.29, 0.717) is 0 Å². The lowest BCUT2D eigenvalue weighted by atomic mass is 9.92. The van der Waals surface area contributed by atoms with Crippen LogP contribution in [0.4, 0.5) is 0 Å². The maximum Gasteiger partial charge on any atom is 0.264 e. The molecule has 1 aromatic rings. The molecule has 0 aromatic carbocycles. The number of H-pyrrole nitrogens is 1. The number of amides is 1. The highest BCUT2D eigenvalue weighted by molar-refractivity contribution is 5.81. The maximum absolute atomic E-state index is 11.7. The predicted octanol–water partition coefficient (Wildman–Crippen LogP) is 0.153. The maximum atomic E-state index is 11.7. The molecule has 2 N–H and O–H groups in total. The van der Waals surface area contributed by atoms with Crippen molar-refractivity contribution in [1.82, 2.24) is 15.5 Å². The van der Waals surface area contributed by atoms with Gasteiger partial charge in [-0.05, 0) is 37.7 Å². The lowest BCUT2D eigenvalue weighted by molar-refractivity contribution is -0.123. The summed E-state index contributed by atoms with van der Waals surface area (Å²) in [7, 11) is 0. The molecule has 5 nitrogen and oxygen atoms in total. The van der Waals surface area contributed by atoms with Crippen LogP contribution in [-0.2, 0) is 17.6 Å². The zero-order chi connectivity index (χ0) is 11.8. The Labute approximate surface area is 98.6 Å². The summed E-state index contributed by atoms with van der Waals surface area (Å²) in [5, 5.41) is 9.54. The predicted molar refractivity (Wildman–Crippen MR) is 61.5 cm³/mol. The monoisotopic (exact) mass is 233 g/mol. The summed E-state index contributed by atoms with van der Waals surface area (Å²) in [6, 6.07) is 1.76. The number of aromatic amines is 1. The molecule has 2 aliphatic carbocycles. The van der Waals surface area contributed by atoms with Crippen molar-refractivity contribution in [3.8, 4) is 0 Å². The summed E-state index contributed by atoms with van der Waals surface area (Å²) in [5.74, 6) is 0.421. The molecule has 3 rings (SSSR count). The van der Waals surface area contributed by atoms with Crippen LogP contribution >= 0.6 is 0 Å². The van der Waals surface area contributed by atoms with Crippen LogP contribution in [0, 0.1) is 5.92 Å². The number of fused-ring (bicyclic) bond motifs is 1. The van der Waals surface area contributed by atoms with Gasteiger partial charge in [0.2, 0.25) is 5.91 Å². The van der Waals surface area contributed by atoms with Gasteiger partial charge >= 0.3 is 0 Å². The van der Waals surface area contributed by atoms with E-state index in [0.717, 1.165) is 43.4 Å². The highest BCUT2D eigenvalue weighted by Gasteiger charge is 2.31. The topological polar surface area (TPSA) is 74.8 Å². The second-order valence-corrected chi connectivity index (χ2v) is 4.93. The molecule has 0 aliphatic heterocycles. The first-order valence-corrected chi connectivity index (χ1v) is 6.10. The summed E-state index contributed by atoms with van der Waals surface area (Å²) < 4.78 is 0. The van der Waals surface area contributed by atoms with Crippen LogP contribution in [0.25, 0.3) is 0 Å². The Kier molecular flexibility index (Phi) is 2.46. The number of nitrogens with zero attached hydrogens (tertiary/aromatic N) is 1. The Morgan fingerprint density at radius 1 is 1.41 bits per heavy atom. The van der Waals surface area contributed by atoms with Crippen molar-refractivity contribution in [2.45, 2.75) is 38.1 Å². The molecule has 0 saturated heterocycles. The number of aromatic nitrogens is 2. The molecule has 2 aliphatic rings. The zero-order valence-corrected chi connectivity index (χ0v) is 9.53. The van der Waals surface area contributed by atoms with E-state index in [1.54, 1.807) is 6.07 Å². The molecule has 1 heterocycles. The highest BCUT2D eigenvalue weighted by atomic mass is 16.2. The minimum atomic E-state index is -0.169. The highest BCUT2D eigenvalue weighted by Crippen LogP contribution is 2.29. The van der Waals surface area contributed by atoms with Gasteiger partial charge in [-0.15, -0.1) is 0 Å². The molecule has 0 spiro atoms. The van der Waals surface area contributed by atoms with E-state index in [-0.39, 0.29) is 23.4 Å². The van der Waals surface area contributed by atoms with Crippen molar-refractivity contribution >= 4 is 5.91 Å². The third-order valence-electron chi connectivity index (χ3n) is 3.47.